The zero-order chi connectivity index (χ0) is 54.3. The third-order valence-electron chi connectivity index (χ3n) is 13.0. The molecule has 426 valence electrons. The summed E-state index contributed by atoms with van der Waals surface area (Å²) in [7, 11) is 0. The van der Waals surface area contributed by atoms with E-state index in [1.54, 1.807) is 0 Å². The second-order valence-electron chi connectivity index (χ2n) is 20.2. The molecule has 6 nitrogen and oxygen atoms in total. The Hall–Kier alpha value is -4.19. The van der Waals surface area contributed by atoms with Crippen LogP contribution in [0.15, 0.2) is 122 Å². The van der Waals surface area contributed by atoms with E-state index in [1.807, 2.05) is 0 Å². The molecule has 0 saturated heterocycles. The van der Waals surface area contributed by atoms with E-state index < -0.39 is 6.10 Å². The molecule has 0 fully saturated rings. The van der Waals surface area contributed by atoms with Crippen LogP contribution in [0.2, 0.25) is 0 Å². The van der Waals surface area contributed by atoms with Crippen LogP contribution in [0.5, 0.6) is 0 Å². The quantitative estimate of drug-likeness (QED) is 0.0261. The minimum Gasteiger partial charge on any atom is -0.462 e. The van der Waals surface area contributed by atoms with Crippen molar-refractivity contribution in [1.29, 1.82) is 0 Å². The normalized spacial score (nSPS) is 12.9. The highest BCUT2D eigenvalue weighted by Gasteiger charge is 2.19. The first-order chi connectivity index (χ1) is 37.0. The zero-order valence-electron chi connectivity index (χ0n) is 48.8. The maximum atomic E-state index is 12.8. The molecule has 0 heterocycles. The SMILES string of the molecule is CC/C=C\C/C=C\C/C=C\C/C=C\C/C=C\C/C=C\CCCCCCCCCCC(=O)OCC(COC(=O)CCCCCCC)OC(=O)CCCCCCCCCCCCCC/C=C\C/C=C\C/C=C\C/C=C\CC. The van der Waals surface area contributed by atoms with Gasteiger partial charge in [0.1, 0.15) is 13.2 Å². The van der Waals surface area contributed by atoms with E-state index in [-0.39, 0.29) is 31.1 Å². The number of hydrogen-bond donors (Lipinski definition) is 0. The molecule has 1 unspecified atom stereocenters. The first-order valence-corrected chi connectivity index (χ1v) is 31.0. The molecule has 0 amide bonds. The summed E-state index contributed by atoms with van der Waals surface area (Å²) in [5.41, 5.74) is 0. The van der Waals surface area contributed by atoms with Crippen molar-refractivity contribution in [3.05, 3.63) is 122 Å². The van der Waals surface area contributed by atoms with Crippen LogP contribution in [0, 0.1) is 0 Å². The Bertz CT molecular complexity index is 1570. The molecule has 0 spiro atoms. The topological polar surface area (TPSA) is 78.9 Å². The minimum absolute atomic E-state index is 0.0831. The van der Waals surface area contributed by atoms with Gasteiger partial charge in [-0.15, -0.1) is 0 Å². The van der Waals surface area contributed by atoms with Crippen LogP contribution in [0.4, 0.5) is 0 Å². The summed E-state index contributed by atoms with van der Waals surface area (Å²) < 4.78 is 16.8. The van der Waals surface area contributed by atoms with Gasteiger partial charge in [-0.1, -0.05) is 271 Å². The number of carbonyl (C=O) groups excluding carboxylic acids is 3. The summed E-state index contributed by atoms with van der Waals surface area (Å²) >= 11 is 0. The lowest BCUT2D eigenvalue weighted by atomic mass is 10.0. The van der Waals surface area contributed by atoms with E-state index >= 15 is 0 Å². The van der Waals surface area contributed by atoms with Gasteiger partial charge in [-0.05, 0) is 109 Å². The van der Waals surface area contributed by atoms with Gasteiger partial charge in [0.2, 0.25) is 0 Å². The van der Waals surface area contributed by atoms with Crippen molar-refractivity contribution in [2.24, 2.45) is 0 Å². The summed E-state index contributed by atoms with van der Waals surface area (Å²) in [5, 5.41) is 0. The average molecular weight is 1040 g/mol. The Morgan fingerprint density at radius 1 is 0.280 bits per heavy atom. The van der Waals surface area contributed by atoms with Crippen LogP contribution in [0.1, 0.15) is 278 Å². The summed E-state index contributed by atoms with van der Waals surface area (Å²) in [6, 6.07) is 0. The van der Waals surface area contributed by atoms with Gasteiger partial charge >= 0.3 is 17.9 Å². The van der Waals surface area contributed by atoms with Crippen molar-refractivity contribution >= 4 is 17.9 Å². The van der Waals surface area contributed by atoms with Crippen molar-refractivity contribution in [3.8, 4) is 0 Å². The van der Waals surface area contributed by atoms with Gasteiger partial charge in [0.05, 0.1) is 0 Å². The number of ether oxygens (including phenoxy) is 3. The molecule has 0 aromatic heterocycles. The molecule has 0 aromatic rings. The monoisotopic (exact) mass is 1040 g/mol. The van der Waals surface area contributed by atoms with Gasteiger partial charge in [-0.3, -0.25) is 14.4 Å². The van der Waals surface area contributed by atoms with E-state index in [1.165, 1.54) is 103 Å². The average Bonchev–Trinajstić information content (AvgIpc) is 3.41. The molecule has 6 heteroatoms. The van der Waals surface area contributed by atoms with Crippen LogP contribution in [0.25, 0.3) is 0 Å². The van der Waals surface area contributed by atoms with E-state index in [2.05, 4.69) is 142 Å². The molecule has 0 aliphatic heterocycles. The largest absolute Gasteiger partial charge is 0.462 e. The summed E-state index contributed by atoms with van der Waals surface area (Å²) in [4.78, 5) is 37.9. The second kappa shape index (κ2) is 62.4. The first-order valence-electron chi connectivity index (χ1n) is 31.0. The Morgan fingerprint density at radius 2 is 0.520 bits per heavy atom. The molecule has 0 saturated carbocycles. The van der Waals surface area contributed by atoms with Gasteiger partial charge < -0.3 is 14.2 Å². The van der Waals surface area contributed by atoms with Crippen LogP contribution in [0.3, 0.4) is 0 Å². The predicted octanol–water partition coefficient (Wildman–Crippen LogP) is 21.2. The number of allylic oxidation sites excluding steroid dienone is 20. The Morgan fingerprint density at radius 3 is 0.813 bits per heavy atom. The van der Waals surface area contributed by atoms with Gasteiger partial charge in [0.25, 0.3) is 0 Å². The molecular formula is C69H114O6. The zero-order valence-corrected chi connectivity index (χ0v) is 48.8. The number of unbranched alkanes of at least 4 members (excludes halogenated alkanes) is 24. The maximum Gasteiger partial charge on any atom is 0.306 e. The second-order valence-corrected chi connectivity index (χ2v) is 20.2. The van der Waals surface area contributed by atoms with E-state index in [9.17, 15) is 14.4 Å². The Kier molecular flexibility index (Phi) is 58.9. The molecule has 0 radical (unpaired) electrons. The van der Waals surface area contributed by atoms with Crippen LogP contribution < -0.4 is 0 Å². The number of carbonyl (C=O) groups is 3. The smallest absolute Gasteiger partial charge is 0.306 e. The van der Waals surface area contributed by atoms with Crippen LogP contribution in [-0.4, -0.2) is 37.2 Å². The molecular weight excluding hydrogens is 925 g/mol. The molecule has 0 aliphatic rings. The van der Waals surface area contributed by atoms with Gasteiger partial charge in [0, 0.05) is 19.3 Å². The summed E-state index contributed by atoms with van der Waals surface area (Å²) in [5.74, 6) is -0.905. The lowest BCUT2D eigenvalue weighted by Gasteiger charge is -2.18. The predicted molar refractivity (Wildman–Crippen MR) is 325 cm³/mol. The fourth-order valence-corrected chi connectivity index (χ4v) is 8.38. The molecule has 0 aromatic carbocycles. The molecule has 75 heavy (non-hydrogen) atoms. The molecule has 1 atom stereocenters. The number of hydrogen-bond acceptors (Lipinski definition) is 6. The van der Waals surface area contributed by atoms with Crippen LogP contribution >= 0.6 is 0 Å². The van der Waals surface area contributed by atoms with Crippen molar-refractivity contribution in [1.82, 2.24) is 0 Å². The fourth-order valence-electron chi connectivity index (χ4n) is 8.38. The molecule has 0 bridgehead atoms. The van der Waals surface area contributed by atoms with E-state index in [0.29, 0.717) is 19.3 Å². The lowest BCUT2D eigenvalue weighted by Crippen LogP contribution is -2.30. The summed E-state index contributed by atoms with van der Waals surface area (Å²) in [6.07, 6.45) is 86.7. The Balaban J connectivity index is 4.10. The van der Waals surface area contributed by atoms with E-state index in [4.69, 9.17) is 14.2 Å². The van der Waals surface area contributed by atoms with E-state index in [0.717, 1.165) is 135 Å². The van der Waals surface area contributed by atoms with Gasteiger partial charge in [-0.2, -0.15) is 0 Å². The van der Waals surface area contributed by atoms with Crippen molar-refractivity contribution in [2.45, 2.75) is 284 Å². The third-order valence-corrected chi connectivity index (χ3v) is 13.0. The third kappa shape index (κ3) is 60.6. The standard InChI is InChI=1S/C69H114O6/c1-4-7-10-13-15-17-19-21-23-25-27-29-31-33-34-36-37-39-41-43-45-47-49-51-53-56-59-62-68(71)74-65-66(64-73-67(70)61-58-55-12-9-6-3)75-69(72)63-60-57-54-52-50-48-46-44-42-40-38-35-32-30-28-26-24-22-20-18-16-14-11-8-5-2/h7-8,10-11,15-18,21-24,27-30,33-34,37,39,66H,4-6,9,12-14,19-20,25-26,31-32,35-36,38,40-65H2,1-3H3/b10-7-,11-8-,17-15-,18-16-,23-21-,24-22-,29-27-,30-28-,34-33-,39-37-. The van der Waals surface area contributed by atoms with Crippen molar-refractivity contribution in [3.63, 3.8) is 0 Å². The lowest BCUT2D eigenvalue weighted by molar-refractivity contribution is -0.167. The Labute approximate surface area is 462 Å². The molecule has 0 rings (SSSR count). The number of rotatable bonds is 55. The van der Waals surface area contributed by atoms with Crippen LogP contribution in [-0.2, 0) is 28.6 Å². The molecule has 0 aliphatic carbocycles. The fraction of sp³-hybridized carbons (Fsp3) is 0.667. The van der Waals surface area contributed by atoms with Crippen molar-refractivity contribution < 1.29 is 28.6 Å². The first kappa shape index (κ1) is 70.8. The highest BCUT2D eigenvalue weighted by molar-refractivity contribution is 5.71. The summed E-state index contributed by atoms with van der Waals surface area (Å²) in [6.45, 7) is 6.33. The van der Waals surface area contributed by atoms with Gasteiger partial charge in [-0.25, -0.2) is 0 Å². The maximum absolute atomic E-state index is 12.8. The minimum atomic E-state index is -0.782. The highest BCUT2D eigenvalue weighted by Crippen LogP contribution is 2.16. The number of esters is 3. The molecule has 0 N–H and O–H groups in total. The van der Waals surface area contributed by atoms with Crippen molar-refractivity contribution in [2.75, 3.05) is 13.2 Å². The highest BCUT2D eigenvalue weighted by atomic mass is 16.6. The van der Waals surface area contributed by atoms with Gasteiger partial charge in [0.15, 0.2) is 6.10 Å².